The first-order chi connectivity index (χ1) is 12.5. The highest BCUT2D eigenvalue weighted by molar-refractivity contribution is 5.93. The van der Waals surface area contributed by atoms with Crippen molar-refractivity contribution in [1.82, 2.24) is 15.1 Å². The van der Waals surface area contributed by atoms with E-state index in [2.05, 4.69) is 11.9 Å². The van der Waals surface area contributed by atoms with Crippen molar-refractivity contribution >= 4 is 17.7 Å². The molecular formula is C20H25N3O3. The van der Waals surface area contributed by atoms with Gasteiger partial charge in [0.05, 0.1) is 12.0 Å². The predicted octanol–water partition coefficient (Wildman–Crippen LogP) is 1.08. The zero-order chi connectivity index (χ0) is 18.7. The number of piperidine rings is 1. The topological polar surface area (TPSA) is 69.7 Å². The van der Waals surface area contributed by atoms with E-state index < -0.39 is 5.41 Å². The Bertz CT molecular complexity index is 708. The number of amides is 3. The van der Waals surface area contributed by atoms with Gasteiger partial charge in [-0.1, -0.05) is 36.9 Å². The fourth-order valence-electron chi connectivity index (χ4n) is 4.01. The molecule has 2 fully saturated rings. The number of piperazine rings is 1. The van der Waals surface area contributed by atoms with E-state index in [1.165, 1.54) is 6.08 Å². The molecule has 2 saturated heterocycles. The Morgan fingerprint density at radius 1 is 1.19 bits per heavy atom. The van der Waals surface area contributed by atoms with Crippen LogP contribution >= 0.6 is 0 Å². The molecule has 1 atom stereocenters. The van der Waals surface area contributed by atoms with Gasteiger partial charge in [0.25, 0.3) is 0 Å². The number of carbonyl (C=O) groups excluding carboxylic acids is 3. The fourth-order valence-corrected chi connectivity index (χ4v) is 4.01. The summed E-state index contributed by atoms with van der Waals surface area (Å²) in [7, 11) is 0. The number of carbonyl (C=O) groups is 3. The minimum absolute atomic E-state index is 0.0175. The van der Waals surface area contributed by atoms with Crippen LogP contribution in [-0.4, -0.2) is 59.7 Å². The molecule has 0 saturated carbocycles. The maximum Gasteiger partial charge on any atom is 0.245 e. The largest absolute Gasteiger partial charge is 0.350 e. The molecule has 138 valence electrons. The van der Waals surface area contributed by atoms with Crippen LogP contribution < -0.4 is 5.32 Å². The number of nitrogens with zero attached hydrogens (tertiary/aromatic N) is 2. The van der Waals surface area contributed by atoms with Crippen LogP contribution in [0.3, 0.4) is 0 Å². The predicted molar refractivity (Wildman–Crippen MR) is 98.3 cm³/mol. The van der Waals surface area contributed by atoms with E-state index >= 15 is 0 Å². The Kier molecular flexibility index (Phi) is 5.11. The van der Waals surface area contributed by atoms with Crippen molar-refractivity contribution in [2.24, 2.45) is 0 Å². The van der Waals surface area contributed by atoms with Crippen molar-refractivity contribution in [2.75, 3.05) is 26.2 Å². The molecule has 26 heavy (non-hydrogen) atoms. The highest BCUT2D eigenvalue weighted by Gasteiger charge is 2.46. The second-order valence-corrected chi connectivity index (χ2v) is 7.13. The Morgan fingerprint density at radius 3 is 2.42 bits per heavy atom. The third-order valence-corrected chi connectivity index (χ3v) is 5.36. The minimum Gasteiger partial charge on any atom is -0.350 e. The van der Waals surface area contributed by atoms with Crippen molar-refractivity contribution in [2.45, 2.75) is 31.2 Å². The third kappa shape index (κ3) is 3.36. The second kappa shape index (κ2) is 7.32. The quantitative estimate of drug-likeness (QED) is 0.825. The molecule has 3 rings (SSSR count). The summed E-state index contributed by atoms with van der Waals surface area (Å²) < 4.78 is 0. The summed E-state index contributed by atoms with van der Waals surface area (Å²) >= 11 is 0. The van der Waals surface area contributed by atoms with Crippen LogP contribution in [0.1, 0.15) is 25.3 Å². The number of rotatable bonds is 3. The van der Waals surface area contributed by atoms with Gasteiger partial charge in [-0.2, -0.15) is 0 Å². The molecule has 2 aliphatic heterocycles. The average Bonchev–Trinajstić information content (AvgIpc) is 2.66. The molecule has 1 aromatic carbocycles. The first kappa shape index (κ1) is 18.2. The Balaban J connectivity index is 1.90. The van der Waals surface area contributed by atoms with E-state index in [9.17, 15) is 14.4 Å². The van der Waals surface area contributed by atoms with Gasteiger partial charge in [0.1, 0.15) is 0 Å². The summed E-state index contributed by atoms with van der Waals surface area (Å²) in [5, 5.41) is 2.85. The number of hydrogen-bond donors (Lipinski definition) is 1. The summed E-state index contributed by atoms with van der Waals surface area (Å²) in [5.74, 6) is -0.249. The van der Waals surface area contributed by atoms with Crippen molar-refractivity contribution in [3.8, 4) is 0 Å². The molecule has 0 aliphatic carbocycles. The van der Waals surface area contributed by atoms with Gasteiger partial charge in [-0.3, -0.25) is 14.4 Å². The van der Waals surface area contributed by atoms with Gasteiger partial charge in [-0.15, -0.1) is 0 Å². The summed E-state index contributed by atoms with van der Waals surface area (Å²) in [4.78, 5) is 40.8. The lowest BCUT2D eigenvalue weighted by Crippen LogP contribution is -2.60. The SMILES string of the molecule is C=CC(=O)N1CCC(C(=O)N2CC(=O)NC(C)C2)(c2ccccc2)CC1. The highest BCUT2D eigenvalue weighted by Crippen LogP contribution is 2.37. The van der Waals surface area contributed by atoms with E-state index in [1.807, 2.05) is 37.3 Å². The molecule has 1 N–H and O–H groups in total. The smallest absolute Gasteiger partial charge is 0.245 e. The number of nitrogens with one attached hydrogen (secondary N) is 1. The molecule has 0 bridgehead atoms. The van der Waals surface area contributed by atoms with Gasteiger partial charge in [-0.25, -0.2) is 0 Å². The molecule has 3 amide bonds. The molecular weight excluding hydrogens is 330 g/mol. The van der Waals surface area contributed by atoms with Gasteiger partial charge in [0, 0.05) is 25.7 Å². The number of benzene rings is 1. The minimum atomic E-state index is -0.698. The van der Waals surface area contributed by atoms with Crippen LogP contribution in [0.25, 0.3) is 0 Å². The van der Waals surface area contributed by atoms with Crippen LogP contribution in [0.5, 0.6) is 0 Å². The van der Waals surface area contributed by atoms with Crippen LogP contribution in [0.2, 0.25) is 0 Å². The standard InChI is InChI=1S/C20H25N3O3/c1-3-18(25)22-11-9-20(10-12-22,16-7-5-4-6-8-16)19(26)23-13-15(2)21-17(24)14-23/h3-8,15H,1,9-14H2,2H3,(H,21,24). The summed E-state index contributed by atoms with van der Waals surface area (Å²) in [5.41, 5.74) is 0.255. The molecule has 2 heterocycles. The lowest BCUT2D eigenvalue weighted by molar-refractivity contribution is -0.146. The first-order valence-electron chi connectivity index (χ1n) is 9.02. The number of likely N-dealkylation sites (tertiary alicyclic amines) is 1. The number of hydrogen-bond acceptors (Lipinski definition) is 3. The van der Waals surface area contributed by atoms with Crippen LogP contribution in [0.4, 0.5) is 0 Å². The second-order valence-electron chi connectivity index (χ2n) is 7.13. The van der Waals surface area contributed by atoms with Crippen molar-refractivity contribution in [3.05, 3.63) is 48.6 Å². The van der Waals surface area contributed by atoms with Gasteiger partial charge in [0.2, 0.25) is 17.7 Å². The van der Waals surface area contributed by atoms with Gasteiger partial charge >= 0.3 is 0 Å². The first-order valence-corrected chi connectivity index (χ1v) is 9.02. The van der Waals surface area contributed by atoms with Crippen molar-refractivity contribution in [1.29, 1.82) is 0 Å². The lowest BCUT2D eigenvalue weighted by Gasteiger charge is -2.44. The molecule has 0 aromatic heterocycles. The summed E-state index contributed by atoms with van der Waals surface area (Å²) in [6.07, 6.45) is 2.40. The molecule has 6 nitrogen and oxygen atoms in total. The Labute approximate surface area is 153 Å². The molecule has 6 heteroatoms. The molecule has 0 spiro atoms. The Hall–Kier alpha value is -2.63. The van der Waals surface area contributed by atoms with Crippen molar-refractivity contribution in [3.63, 3.8) is 0 Å². The van der Waals surface area contributed by atoms with Crippen LogP contribution in [0.15, 0.2) is 43.0 Å². The van der Waals surface area contributed by atoms with Crippen LogP contribution in [-0.2, 0) is 19.8 Å². The average molecular weight is 355 g/mol. The molecule has 2 aliphatic rings. The zero-order valence-electron chi connectivity index (χ0n) is 15.1. The van der Waals surface area contributed by atoms with E-state index in [1.54, 1.807) is 9.80 Å². The fraction of sp³-hybridized carbons (Fsp3) is 0.450. The maximum absolute atomic E-state index is 13.5. The summed E-state index contributed by atoms with van der Waals surface area (Å²) in [6.45, 7) is 7.05. The van der Waals surface area contributed by atoms with Gasteiger partial charge < -0.3 is 15.1 Å². The highest BCUT2D eigenvalue weighted by atomic mass is 16.2. The van der Waals surface area contributed by atoms with Gasteiger partial charge in [0.15, 0.2) is 0 Å². The van der Waals surface area contributed by atoms with E-state index in [0.717, 1.165) is 5.56 Å². The van der Waals surface area contributed by atoms with E-state index in [4.69, 9.17) is 0 Å². The molecule has 1 aromatic rings. The van der Waals surface area contributed by atoms with E-state index in [0.29, 0.717) is 32.5 Å². The normalized spacial score (nSPS) is 22.5. The van der Waals surface area contributed by atoms with Gasteiger partial charge in [-0.05, 0) is 31.4 Å². The van der Waals surface area contributed by atoms with Crippen LogP contribution in [0, 0.1) is 0 Å². The van der Waals surface area contributed by atoms with E-state index in [-0.39, 0.29) is 30.3 Å². The summed E-state index contributed by atoms with van der Waals surface area (Å²) in [6, 6.07) is 9.66. The van der Waals surface area contributed by atoms with Crippen molar-refractivity contribution < 1.29 is 14.4 Å². The lowest BCUT2D eigenvalue weighted by atomic mass is 9.71. The monoisotopic (exact) mass is 355 g/mol. The zero-order valence-corrected chi connectivity index (χ0v) is 15.1. The molecule has 1 unspecified atom stereocenters. The third-order valence-electron chi connectivity index (χ3n) is 5.36. The molecule has 0 radical (unpaired) electrons. The maximum atomic E-state index is 13.5. The Morgan fingerprint density at radius 2 is 1.85 bits per heavy atom.